The molecule has 0 aromatic rings. The molecular formula is C17H30N4O2. The Morgan fingerprint density at radius 3 is 2.78 bits per heavy atom. The summed E-state index contributed by atoms with van der Waals surface area (Å²) in [5.74, 6) is 0.133. The average Bonchev–Trinajstić information content (AvgIpc) is 2.59. The molecule has 6 heteroatoms. The first-order valence-corrected chi connectivity index (χ1v) is 8.81. The molecule has 0 bridgehead atoms. The molecular weight excluding hydrogens is 292 g/mol. The molecule has 2 saturated heterocycles. The Bertz CT molecular complexity index is 417. The van der Waals surface area contributed by atoms with Crippen LogP contribution in [0.1, 0.15) is 32.6 Å². The minimum Gasteiger partial charge on any atom is -0.379 e. The molecule has 2 heterocycles. The Hall–Kier alpha value is -1.16. The van der Waals surface area contributed by atoms with Crippen LogP contribution in [0.4, 0.5) is 0 Å². The minimum absolute atomic E-state index is 0.106. The van der Waals surface area contributed by atoms with Crippen LogP contribution in [0, 0.1) is 11.3 Å². The second kappa shape index (κ2) is 9.21. The molecule has 0 N–H and O–H groups in total. The van der Waals surface area contributed by atoms with Crippen LogP contribution in [0.25, 0.3) is 0 Å². The van der Waals surface area contributed by atoms with Crippen molar-refractivity contribution in [2.24, 2.45) is 0 Å². The fourth-order valence-corrected chi connectivity index (χ4v) is 3.60. The summed E-state index contributed by atoms with van der Waals surface area (Å²) in [5, 5.41) is 8.69. The fourth-order valence-electron chi connectivity index (χ4n) is 3.60. The Kier molecular flexibility index (Phi) is 7.28. The minimum atomic E-state index is -0.106. The zero-order valence-corrected chi connectivity index (χ0v) is 14.5. The number of piperidine rings is 1. The lowest BCUT2D eigenvalue weighted by atomic mass is 9.99. The molecule has 0 saturated carbocycles. The van der Waals surface area contributed by atoms with Crippen LogP contribution < -0.4 is 0 Å². The molecule has 2 rings (SSSR count). The molecule has 2 atom stereocenters. The maximum absolute atomic E-state index is 12.6. The van der Waals surface area contributed by atoms with Gasteiger partial charge >= 0.3 is 0 Å². The number of ether oxygens (including phenoxy) is 1. The van der Waals surface area contributed by atoms with Crippen molar-refractivity contribution in [3.05, 3.63) is 0 Å². The first kappa shape index (κ1) is 18.2. The van der Waals surface area contributed by atoms with Crippen LogP contribution in [-0.4, -0.2) is 85.7 Å². The molecule has 0 radical (unpaired) electrons. The van der Waals surface area contributed by atoms with E-state index in [2.05, 4.69) is 15.9 Å². The molecule has 130 valence electrons. The SMILES string of the molecule is C[C@H](C(=O)N(C)CCC#N)N1CCCC[C@H]1CN1CCOCC1. The van der Waals surface area contributed by atoms with Crippen molar-refractivity contribution in [3.8, 4) is 6.07 Å². The van der Waals surface area contributed by atoms with Crippen LogP contribution in [0.5, 0.6) is 0 Å². The van der Waals surface area contributed by atoms with Crippen molar-refractivity contribution in [2.45, 2.75) is 44.7 Å². The van der Waals surface area contributed by atoms with Gasteiger partial charge < -0.3 is 9.64 Å². The molecule has 1 amide bonds. The lowest BCUT2D eigenvalue weighted by Crippen LogP contribution is -2.56. The summed E-state index contributed by atoms with van der Waals surface area (Å²) in [6.07, 6.45) is 3.97. The summed E-state index contributed by atoms with van der Waals surface area (Å²) in [4.78, 5) is 19.2. The van der Waals surface area contributed by atoms with Gasteiger partial charge in [-0.25, -0.2) is 0 Å². The Morgan fingerprint density at radius 1 is 1.35 bits per heavy atom. The zero-order valence-electron chi connectivity index (χ0n) is 14.5. The quantitative estimate of drug-likeness (QED) is 0.728. The van der Waals surface area contributed by atoms with Gasteiger partial charge in [-0.1, -0.05) is 6.42 Å². The maximum atomic E-state index is 12.6. The Balaban J connectivity index is 1.93. The molecule has 0 aliphatic carbocycles. The molecule has 2 fully saturated rings. The van der Waals surface area contributed by atoms with E-state index in [1.165, 1.54) is 12.8 Å². The highest BCUT2D eigenvalue weighted by atomic mass is 16.5. The summed E-state index contributed by atoms with van der Waals surface area (Å²) in [6.45, 7) is 8.18. The van der Waals surface area contributed by atoms with Crippen molar-refractivity contribution >= 4 is 5.91 Å². The second-order valence-electron chi connectivity index (χ2n) is 6.64. The number of likely N-dealkylation sites (tertiary alicyclic amines) is 1. The van der Waals surface area contributed by atoms with E-state index >= 15 is 0 Å². The number of morpholine rings is 1. The first-order chi connectivity index (χ1) is 11.1. The van der Waals surface area contributed by atoms with Gasteiger partial charge in [0.05, 0.1) is 31.7 Å². The number of nitriles is 1. The highest BCUT2D eigenvalue weighted by Gasteiger charge is 2.32. The van der Waals surface area contributed by atoms with E-state index in [4.69, 9.17) is 10.00 Å². The van der Waals surface area contributed by atoms with E-state index in [-0.39, 0.29) is 11.9 Å². The van der Waals surface area contributed by atoms with Gasteiger partial charge in [-0.05, 0) is 26.3 Å². The predicted molar refractivity (Wildman–Crippen MR) is 88.9 cm³/mol. The van der Waals surface area contributed by atoms with Gasteiger partial charge in [0.15, 0.2) is 0 Å². The third-order valence-electron chi connectivity index (χ3n) is 5.04. The van der Waals surface area contributed by atoms with Gasteiger partial charge in [0.2, 0.25) is 5.91 Å². The van der Waals surface area contributed by atoms with Gasteiger partial charge in [-0.15, -0.1) is 0 Å². The van der Waals surface area contributed by atoms with Crippen molar-refractivity contribution in [1.29, 1.82) is 5.26 Å². The monoisotopic (exact) mass is 322 g/mol. The normalized spacial score (nSPS) is 24.8. The third kappa shape index (κ3) is 5.17. The van der Waals surface area contributed by atoms with Crippen LogP contribution in [0.15, 0.2) is 0 Å². The standard InChI is InChI=1S/C17H30N4O2/c1-15(17(22)19(2)8-5-7-18)21-9-4-3-6-16(21)14-20-10-12-23-13-11-20/h15-16H,3-6,8-14H2,1-2H3/t15-,16+/m1/s1. The number of rotatable bonds is 6. The van der Waals surface area contributed by atoms with Gasteiger partial charge in [0.25, 0.3) is 0 Å². The van der Waals surface area contributed by atoms with Crippen molar-refractivity contribution < 1.29 is 9.53 Å². The van der Waals surface area contributed by atoms with Crippen molar-refractivity contribution in [2.75, 3.05) is 53.0 Å². The summed E-state index contributed by atoms with van der Waals surface area (Å²) < 4.78 is 5.43. The number of hydrogen-bond acceptors (Lipinski definition) is 5. The third-order valence-corrected chi connectivity index (χ3v) is 5.04. The molecule has 0 aromatic carbocycles. The van der Waals surface area contributed by atoms with Crippen LogP contribution >= 0.6 is 0 Å². The predicted octanol–water partition coefficient (Wildman–Crippen LogP) is 0.934. The smallest absolute Gasteiger partial charge is 0.239 e. The van der Waals surface area contributed by atoms with E-state index in [1.807, 2.05) is 6.92 Å². The fraction of sp³-hybridized carbons (Fsp3) is 0.882. The van der Waals surface area contributed by atoms with Gasteiger partial charge in [-0.3, -0.25) is 14.6 Å². The summed E-state index contributed by atoms with van der Waals surface area (Å²) >= 11 is 0. The second-order valence-corrected chi connectivity index (χ2v) is 6.64. The zero-order chi connectivity index (χ0) is 16.7. The summed E-state index contributed by atoms with van der Waals surface area (Å²) in [5.41, 5.74) is 0. The topological polar surface area (TPSA) is 59.8 Å². The largest absolute Gasteiger partial charge is 0.379 e. The molecule has 2 aliphatic heterocycles. The summed E-state index contributed by atoms with van der Waals surface area (Å²) in [7, 11) is 1.80. The molecule has 6 nitrogen and oxygen atoms in total. The van der Waals surface area contributed by atoms with Gasteiger partial charge in [0, 0.05) is 39.3 Å². The van der Waals surface area contributed by atoms with Crippen LogP contribution in [0.2, 0.25) is 0 Å². The Labute approximate surface area is 140 Å². The summed E-state index contributed by atoms with van der Waals surface area (Å²) in [6, 6.07) is 2.45. The van der Waals surface area contributed by atoms with E-state index < -0.39 is 0 Å². The highest BCUT2D eigenvalue weighted by Crippen LogP contribution is 2.22. The molecule has 0 unspecified atom stereocenters. The van der Waals surface area contributed by atoms with E-state index in [1.54, 1.807) is 11.9 Å². The number of nitrogens with zero attached hydrogens (tertiary/aromatic N) is 4. The number of carbonyl (C=O) groups excluding carboxylic acids is 1. The maximum Gasteiger partial charge on any atom is 0.239 e. The molecule has 23 heavy (non-hydrogen) atoms. The molecule has 0 aromatic heterocycles. The molecule has 2 aliphatic rings. The van der Waals surface area contributed by atoms with Crippen LogP contribution in [-0.2, 0) is 9.53 Å². The molecule has 0 spiro atoms. The van der Waals surface area contributed by atoms with Gasteiger partial charge in [0.1, 0.15) is 0 Å². The lowest BCUT2D eigenvalue weighted by Gasteiger charge is -2.42. The number of hydrogen-bond donors (Lipinski definition) is 0. The van der Waals surface area contributed by atoms with E-state index in [0.717, 1.165) is 45.8 Å². The van der Waals surface area contributed by atoms with E-state index in [0.29, 0.717) is 19.0 Å². The number of carbonyl (C=O) groups is 1. The average molecular weight is 322 g/mol. The van der Waals surface area contributed by atoms with E-state index in [9.17, 15) is 4.79 Å². The Morgan fingerprint density at radius 2 is 2.09 bits per heavy atom. The van der Waals surface area contributed by atoms with Gasteiger partial charge in [-0.2, -0.15) is 5.26 Å². The van der Waals surface area contributed by atoms with Crippen molar-refractivity contribution in [1.82, 2.24) is 14.7 Å². The lowest BCUT2D eigenvalue weighted by molar-refractivity contribution is -0.137. The van der Waals surface area contributed by atoms with Crippen molar-refractivity contribution in [3.63, 3.8) is 0 Å². The highest BCUT2D eigenvalue weighted by molar-refractivity contribution is 5.81. The first-order valence-electron chi connectivity index (χ1n) is 8.81. The number of amides is 1. The van der Waals surface area contributed by atoms with Crippen LogP contribution in [0.3, 0.4) is 0 Å². The number of likely N-dealkylation sites (N-methyl/N-ethyl adjacent to an activating group) is 1.